The Morgan fingerprint density at radius 3 is 2.50 bits per heavy atom. The molecule has 1 aromatic carbocycles. The summed E-state index contributed by atoms with van der Waals surface area (Å²) in [7, 11) is 0. The van der Waals surface area contributed by atoms with Crippen LogP contribution in [0.15, 0.2) is 48.9 Å². The molecule has 0 N–H and O–H groups in total. The highest BCUT2D eigenvalue weighted by molar-refractivity contribution is 5.90. The normalized spacial score (nSPS) is 12.1. The van der Waals surface area contributed by atoms with Crippen LogP contribution in [0.3, 0.4) is 0 Å². The largest absolute Gasteiger partial charge is 0.264 e. The fourth-order valence-corrected chi connectivity index (χ4v) is 3.21. The summed E-state index contributed by atoms with van der Waals surface area (Å²) in [5.74, 6) is 0.645. The third kappa shape index (κ3) is 3.48. The summed E-state index contributed by atoms with van der Waals surface area (Å²) >= 11 is 0. The molecule has 0 aliphatic carbocycles. The van der Waals surface area contributed by atoms with Gasteiger partial charge in [0.2, 0.25) is 0 Å². The second-order valence-electron chi connectivity index (χ2n) is 8.02. The Balaban J connectivity index is 2.17. The van der Waals surface area contributed by atoms with Gasteiger partial charge in [-0.3, -0.25) is 9.97 Å². The van der Waals surface area contributed by atoms with Gasteiger partial charge < -0.3 is 0 Å². The second-order valence-corrected chi connectivity index (χ2v) is 8.02. The van der Waals surface area contributed by atoms with Crippen molar-refractivity contribution in [2.24, 2.45) is 5.92 Å². The Kier molecular flexibility index (Phi) is 4.40. The van der Waals surface area contributed by atoms with Crippen LogP contribution in [0.4, 0.5) is 0 Å². The lowest BCUT2D eigenvalue weighted by atomic mass is 9.82. The summed E-state index contributed by atoms with van der Waals surface area (Å²) in [5.41, 5.74) is 4.98. The Bertz CT molecular complexity index is 857. The molecule has 3 aromatic rings. The minimum atomic E-state index is 0.0746. The van der Waals surface area contributed by atoms with Crippen LogP contribution in [0.25, 0.3) is 22.0 Å². The van der Waals surface area contributed by atoms with Gasteiger partial charge in [0, 0.05) is 29.5 Å². The van der Waals surface area contributed by atoms with Crippen LogP contribution in [0.1, 0.15) is 45.7 Å². The summed E-state index contributed by atoms with van der Waals surface area (Å²) < 4.78 is 0. The van der Waals surface area contributed by atoms with Gasteiger partial charge in [0.05, 0.1) is 5.69 Å². The van der Waals surface area contributed by atoms with E-state index in [1.165, 1.54) is 27.5 Å². The molecule has 2 nitrogen and oxygen atoms in total. The van der Waals surface area contributed by atoms with Crippen molar-refractivity contribution in [1.29, 1.82) is 0 Å². The summed E-state index contributed by atoms with van der Waals surface area (Å²) in [6.07, 6.45) is 6.83. The maximum Gasteiger partial charge on any atom is 0.0705 e. The topological polar surface area (TPSA) is 25.8 Å². The Morgan fingerprint density at radius 1 is 1.00 bits per heavy atom. The SMILES string of the molecule is CC(C)Cc1ccnc(-c2cc(C(C)(C)C)c3ccncc3c2)c1. The van der Waals surface area contributed by atoms with Crippen LogP contribution >= 0.6 is 0 Å². The third-order valence-electron chi connectivity index (χ3n) is 4.32. The molecule has 0 aliphatic heterocycles. The standard InChI is InChI=1S/C22H26N2/c1-15(2)10-16-6-9-24-21(11-16)17-12-18-14-23-8-7-19(18)20(13-17)22(3,4)5/h6-9,11-15H,10H2,1-5H3. The number of fused-ring (bicyclic) bond motifs is 1. The molecule has 0 spiro atoms. The summed E-state index contributed by atoms with van der Waals surface area (Å²) in [5, 5.41) is 2.45. The zero-order valence-corrected chi connectivity index (χ0v) is 15.3. The van der Waals surface area contributed by atoms with Gasteiger partial charge in [-0.05, 0) is 64.6 Å². The van der Waals surface area contributed by atoms with Crippen LogP contribution in [-0.4, -0.2) is 9.97 Å². The van der Waals surface area contributed by atoms with E-state index in [2.05, 4.69) is 74.9 Å². The zero-order valence-electron chi connectivity index (χ0n) is 15.3. The lowest BCUT2D eigenvalue weighted by molar-refractivity contribution is 0.596. The molecule has 3 rings (SSSR count). The van der Waals surface area contributed by atoms with Crippen LogP contribution in [-0.2, 0) is 11.8 Å². The van der Waals surface area contributed by atoms with E-state index in [0.717, 1.165) is 12.1 Å². The molecular formula is C22H26N2. The molecule has 0 saturated carbocycles. The number of hydrogen-bond acceptors (Lipinski definition) is 2. The summed E-state index contributed by atoms with van der Waals surface area (Å²) in [6, 6.07) is 11.0. The van der Waals surface area contributed by atoms with Gasteiger partial charge in [0.1, 0.15) is 0 Å². The summed E-state index contributed by atoms with van der Waals surface area (Å²) in [6.45, 7) is 11.3. The Morgan fingerprint density at radius 2 is 1.79 bits per heavy atom. The molecule has 0 fully saturated rings. The van der Waals surface area contributed by atoms with E-state index in [0.29, 0.717) is 5.92 Å². The monoisotopic (exact) mass is 318 g/mol. The minimum Gasteiger partial charge on any atom is -0.264 e. The van der Waals surface area contributed by atoms with Crippen LogP contribution in [0, 0.1) is 5.92 Å². The molecule has 0 aliphatic rings. The van der Waals surface area contributed by atoms with E-state index in [-0.39, 0.29) is 5.41 Å². The van der Waals surface area contributed by atoms with Gasteiger partial charge in [0.15, 0.2) is 0 Å². The van der Waals surface area contributed by atoms with Gasteiger partial charge in [0.25, 0.3) is 0 Å². The molecule has 0 saturated heterocycles. The first-order valence-electron chi connectivity index (χ1n) is 8.68. The highest BCUT2D eigenvalue weighted by Crippen LogP contribution is 2.34. The molecule has 24 heavy (non-hydrogen) atoms. The molecule has 0 atom stereocenters. The van der Waals surface area contributed by atoms with Crippen molar-refractivity contribution in [3.8, 4) is 11.3 Å². The van der Waals surface area contributed by atoms with Crippen molar-refractivity contribution in [3.05, 3.63) is 60.0 Å². The molecule has 2 heteroatoms. The van der Waals surface area contributed by atoms with Crippen molar-refractivity contribution in [2.45, 2.75) is 46.5 Å². The first-order valence-corrected chi connectivity index (χ1v) is 8.68. The van der Waals surface area contributed by atoms with Gasteiger partial charge in [-0.15, -0.1) is 0 Å². The number of rotatable bonds is 3. The molecule has 0 amide bonds. The number of pyridine rings is 2. The van der Waals surface area contributed by atoms with Gasteiger partial charge in [-0.2, -0.15) is 0 Å². The maximum absolute atomic E-state index is 4.63. The van der Waals surface area contributed by atoms with Crippen molar-refractivity contribution < 1.29 is 0 Å². The zero-order chi connectivity index (χ0) is 17.3. The smallest absolute Gasteiger partial charge is 0.0705 e. The highest BCUT2D eigenvalue weighted by Gasteiger charge is 2.18. The molecule has 124 valence electrons. The van der Waals surface area contributed by atoms with Crippen molar-refractivity contribution >= 4 is 10.8 Å². The number of nitrogens with zero attached hydrogens (tertiary/aromatic N) is 2. The molecule has 0 bridgehead atoms. The third-order valence-corrected chi connectivity index (χ3v) is 4.32. The maximum atomic E-state index is 4.63. The molecule has 2 aromatic heterocycles. The predicted molar refractivity (Wildman–Crippen MR) is 102 cm³/mol. The molecule has 0 radical (unpaired) electrons. The molecular weight excluding hydrogens is 292 g/mol. The number of hydrogen-bond donors (Lipinski definition) is 0. The van der Waals surface area contributed by atoms with E-state index >= 15 is 0 Å². The van der Waals surface area contributed by atoms with Crippen molar-refractivity contribution in [2.75, 3.05) is 0 Å². The quantitative estimate of drug-likeness (QED) is 0.610. The Labute approximate surface area is 145 Å². The van der Waals surface area contributed by atoms with Gasteiger partial charge in [-0.25, -0.2) is 0 Å². The average molecular weight is 318 g/mol. The van der Waals surface area contributed by atoms with Crippen LogP contribution in [0.5, 0.6) is 0 Å². The van der Waals surface area contributed by atoms with E-state index in [1.807, 2.05) is 18.6 Å². The number of aromatic nitrogens is 2. The fourth-order valence-electron chi connectivity index (χ4n) is 3.21. The van der Waals surface area contributed by atoms with E-state index in [4.69, 9.17) is 0 Å². The van der Waals surface area contributed by atoms with E-state index in [9.17, 15) is 0 Å². The first-order chi connectivity index (χ1) is 11.3. The first kappa shape index (κ1) is 16.6. The minimum absolute atomic E-state index is 0.0746. The van der Waals surface area contributed by atoms with Crippen molar-refractivity contribution in [1.82, 2.24) is 9.97 Å². The van der Waals surface area contributed by atoms with Gasteiger partial charge >= 0.3 is 0 Å². The number of benzene rings is 1. The summed E-state index contributed by atoms with van der Waals surface area (Å²) in [4.78, 5) is 8.93. The predicted octanol–water partition coefficient (Wildman–Crippen LogP) is 5.79. The van der Waals surface area contributed by atoms with E-state index in [1.54, 1.807) is 0 Å². The second kappa shape index (κ2) is 6.35. The highest BCUT2D eigenvalue weighted by atomic mass is 14.7. The lowest BCUT2D eigenvalue weighted by Crippen LogP contribution is -2.12. The van der Waals surface area contributed by atoms with E-state index < -0.39 is 0 Å². The van der Waals surface area contributed by atoms with Gasteiger partial charge in [-0.1, -0.05) is 34.6 Å². The van der Waals surface area contributed by atoms with Crippen LogP contribution in [0.2, 0.25) is 0 Å². The molecule has 2 heterocycles. The lowest BCUT2D eigenvalue weighted by Gasteiger charge is -2.22. The van der Waals surface area contributed by atoms with Crippen LogP contribution < -0.4 is 0 Å². The fraction of sp³-hybridized carbons (Fsp3) is 0.364. The van der Waals surface area contributed by atoms with Crippen molar-refractivity contribution in [3.63, 3.8) is 0 Å². The average Bonchev–Trinajstić information content (AvgIpc) is 2.52. The molecule has 0 unspecified atom stereocenters. The Hall–Kier alpha value is -2.22.